The van der Waals surface area contributed by atoms with Crippen LogP contribution in [0.2, 0.25) is 0 Å². The normalized spacial score (nSPS) is 19.9. The van der Waals surface area contributed by atoms with Crippen molar-refractivity contribution in [3.63, 3.8) is 0 Å². The van der Waals surface area contributed by atoms with Crippen molar-refractivity contribution in [1.82, 2.24) is 9.88 Å². The van der Waals surface area contributed by atoms with Gasteiger partial charge in [-0.05, 0) is 36.1 Å². The zero-order chi connectivity index (χ0) is 17.1. The Hall–Kier alpha value is -2.56. The molecule has 1 amide bonds. The molecule has 0 saturated carbocycles. The Morgan fingerprint density at radius 2 is 1.88 bits per heavy atom. The summed E-state index contributed by atoms with van der Waals surface area (Å²) in [5.41, 5.74) is 1.18. The topological polar surface area (TPSA) is 45.7 Å². The molecule has 0 bridgehead atoms. The number of benzene rings is 1. The molecule has 130 valence electrons. The maximum Gasteiger partial charge on any atom is 0.223 e. The van der Waals surface area contributed by atoms with Crippen LogP contribution < -0.4 is 9.64 Å². The van der Waals surface area contributed by atoms with Gasteiger partial charge in [-0.25, -0.2) is 4.98 Å². The Balaban J connectivity index is 1.36. The number of hydrogen-bond acceptors (Lipinski definition) is 4. The molecule has 1 aromatic heterocycles. The van der Waals surface area contributed by atoms with Crippen molar-refractivity contribution < 1.29 is 9.53 Å². The lowest BCUT2D eigenvalue weighted by molar-refractivity contribution is -0.132. The van der Waals surface area contributed by atoms with E-state index < -0.39 is 0 Å². The van der Waals surface area contributed by atoms with Gasteiger partial charge >= 0.3 is 0 Å². The number of anilines is 1. The summed E-state index contributed by atoms with van der Waals surface area (Å²) in [6.45, 7) is 3.91. The van der Waals surface area contributed by atoms with Crippen LogP contribution in [0.15, 0.2) is 48.7 Å². The van der Waals surface area contributed by atoms with E-state index in [4.69, 9.17) is 4.74 Å². The highest BCUT2D eigenvalue weighted by Crippen LogP contribution is 2.35. The molecule has 4 rings (SSSR count). The van der Waals surface area contributed by atoms with E-state index in [0.29, 0.717) is 13.0 Å². The Morgan fingerprint density at radius 1 is 1.08 bits per heavy atom. The first-order valence-corrected chi connectivity index (χ1v) is 8.97. The van der Waals surface area contributed by atoms with Crippen LogP contribution in [0.5, 0.6) is 5.75 Å². The van der Waals surface area contributed by atoms with Crippen molar-refractivity contribution in [2.75, 3.05) is 37.7 Å². The molecule has 0 spiro atoms. The molecule has 5 nitrogen and oxygen atoms in total. The van der Waals surface area contributed by atoms with Crippen LogP contribution in [0.4, 0.5) is 5.82 Å². The average Bonchev–Trinajstić information content (AvgIpc) is 2.69. The van der Waals surface area contributed by atoms with Crippen molar-refractivity contribution in [2.45, 2.75) is 18.8 Å². The first kappa shape index (κ1) is 15.9. The van der Waals surface area contributed by atoms with Gasteiger partial charge in [0.2, 0.25) is 5.91 Å². The summed E-state index contributed by atoms with van der Waals surface area (Å²) in [6.07, 6.45) is 3.30. The molecule has 0 radical (unpaired) electrons. The summed E-state index contributed by atoms with van der Waals surface area (Å²) in [6, 6.07) is 14.0. The zero-order valence-corrected chi connectivity index (χ0v) is 14.3. The van der Waals surface area contributed by atoms with Crippen LogP contribution in [0, 0.1) is 0 Å². The minimum absolute atomic E-state index is 0.252. The first-order valence-electron chi connectivity index (χ1n) is 8.97. The number of amides is 1. The van der Waals surface area contributed by atoms with Crippen LogP contribution in [0.1, 0.15) is 24.3 Å². The van der Waals surface area contributed by atoms with Crippen LogP contribution in [-0.4, -0.2) is 48.6 Å². The van der Waals surface area contributed by atoms with Crippen molar-refractivity contribution in [1.29, 1.82) is 0 Å². The molecule has 1 atom stereocenters. The number of fused-ring (bicyclic) bond motifs is 1. The van der Waals surface area contributed by atoms with Gasteiger partial charge < -0.3 is 14.5 Å². The molecule has 5 heteroatoms. The SMILES string of the molecule is O=C(CC1CCOc2ccccc21)N1CCN(c2ccccn2)CC1. The molecule has 0 N–H and O–H groups in total. The smallest absolute Gasteiger partial charge is 0.223 e. The van der Waals surface area contributed by atoms with Crippen LogP contribution in [0.3, 0.4) is 0 Å². The number of pyridine rings is 1. The summed E-state index contributed by atoms with van der Waals surface area (Å²) < 4.78 is 5.71. The summed E-state index contributed by atoms with van der Waals surface area (Å²) in [7, 11) is 0. The fourth-order valence-corrected chi connectivity index (χ4v) is 3.69. The third kappa shape index (κ3) is 3.45. The molecule has 1 saturated heterocycles. The van der Waals surface area contributed by atoms with Crippen molar-refractivity contribution >= 4 is 11.7 Å². The summed E-state index contributed by atoms with van der Waals surface area (Å²) in [4.78, 5) is 21.4. The van der Waals surface area contributed by atoms with Gasteiger partial charge in [0.25, 0.3) is 0 Å². The molecule has 1 fully saturated rings. The lowest BCUT2D eigenvalue weighted by Crippen LogP contribution is -2.49. The van der Waals surface area contributed by atoms with E-state index in [1.165, 1.54) is 5.56 Å². The van der Waals surface area contributed by atoms with Crippen molar-refractivity contribution in [3.05, 3.63) is 54.2 Å². The minimum Gasteiger partial charge on any atom is -0.493 e. The van der Waals surface area contributed by atoms with E-state index in [-0.39, 0.29) is 11.8 Å². The lowest BCUT2D eigenvalue weighted by Gasteiger charge is -2.36. The van der Waals surface area contributed by atoms with Gasteiger partial charge in [-0.3, -0.25) is 4.79 Å². The standard InChI is InChI=1S/C20H23N3O2/c24-20(15-16-8-14-25-18-6-2-1-5-17(16)18)23-12-10-22(11-13-23)19-7-3-4-9-21-19/h1-7,9,16H,8,10-15H2. The van der Waals surface area contributed by atoms with Gasteiger partial charge in [0.1, 0.15) is 11.6 Å². The average molecular weight is 337 g/mol. The third-order valence-electron chi connectivity index (χ3n) is 5.11. The number of carbonyl (C=O) groups is 1. The highest BCUT2D eigenvalue weighted by molar-refractivity contribution is 5.77. The Labute approximate surface area is 148 Å². The predicted octanol–water partition coefficient (Wildman–Crippen LogP) is 2.69. The quantitative estimate of drug-likeness (QED) is 0.864. The van der Waals surface area contributed by atoms with Crippen LogP contribution >= 0.6 is 0 Å². The Kier molecular flexibility index (Phi) is 4.55. The second-order valence-corrected chi connectivity index (χ2v) is 6.63. The van der Waals surface area contributed by atoms with Gasteiger partial charge in [0.15, 0.2) is 0 Å². The number of ether oxygens (including phenoxy) is 1. The molecule has 25 heavy (non-hydrogen) atoms. The second kappa shape index (κ2) is 7.13. The van der Waals surface area contributed by atoms with Gasteiger partial charge in [-0.15, -0.1) is 0 Å². The number of carbonyl (C=O) groups excluding carboxylic acids is 1. The third-order valence-corrected chi connectivity index (χ3v) is 5.11. The van der Waals surface area contributed by atoms with Crippen LogP contribution in [-0.2, 0) is 4.79 Å². The highest BCUT2D eigenvalue weighted by atomic mass is 16.5. The van der Waals surface area contributed by atoms with Gasteiger partial charge in [-0.1, -0.05) is 24.3 Å². The molecular weight excluding hydrogens is 314 g/mol. The van der Waals surface area contributed by atoms with Gasteiger partial charge in [0.05, 0.1) is 6.61 Å². The monoisotopic (exact) mass is 337 g/mol. The van der Waals surface area contributed by atoms with E-state index >= 15 is 0 Å². The predicted molar refractivity (Wildman–Crippen MR) is 96.9 cm³/mol. The van der Waals surface area contributed by atoms with Crippen molar-refractivity contribution in [2.24, 2.45) is 0 Å². The number of aromatic nitrogens is 1. The number of piperazine rings is 1. The van der Waals surface area contributed by atoms with E-state index in [2.05, 4.69) is 16.0 Å². The Morgan fingerprint density at radius 3 is 2.68 bits per heavy atom. The summed E-state index contributed by atoms with van der Waals surface area (Å²) >= 11 is 0. The number of nitrogens with zero attached hydrogens (tertiary/aromatic N) is 3. The maximum atomic E-state index is 12.8. The lowest BCUT2D eigenvalue weighted by atomic mass is 9.90. The molecular formula is C20H23N3O2. The number of rotatable bonds is 3. The second-order valence-electron chi connectivity index (χ2n) is 6.63. The molecule has 2 aromatic rings. The summed E-state index contributed by atoms with van der Waals surface area (Å²) in [5, 5.41) is 0. The molecule has 1 unspecified atom stereocenters. The highest BCUT2D eigenvalue weighted by Gasteiger charge is 2.27. The van der Waals surface area contributed by atoms with Crippen LogP contribution in [0.25, 0.3) is 0 Å². The fraction of sp³-hybridized carbons (Fsp3) is 0.400. The first-order chi connectivity index (χ1) is 12.3. The molecule has 3 heterocycles. The van der Waals surface area contributed by atoms with E-state index in [9.17, 15) is 4.79 Å². The van der Waals surface area contributed by atoms with Crippen molar-refractivity contribution in [3.8, 4) is 5.75 Å². The largest absolute Gasteiger partial charge is 0.493 e. The molecule has 1 aromatic carbocycles. The minimum atomic E-state index is 0.252. The molecule has 2 aliphatic heterocycles. The Bertz CT molecular complexity index is 727. The van der Waals surface area contributed by atoms with E-state index in [1.54, 1.807) is 0 Å². The van der Waals surface area contributed by atoms with Gasteiger partial charge in [-0.2, -0.15) is 0 Å². The number of hydrogen-bond donors (Lipinski definition) is 0. The molecule has 2 aliphatic rings. The number of para-hydroxylation sites is 1. The van der Waals surface area contributed by atoms with E-state index in [1.807, 2.05) is 47.5 Å². The maximum absolute atomic E-state index is 12.8. The van der Waals surface area contributed by atoms with E-state index in [0.717, 1.165) is 44.2 Å². The zero-order valence-electron chi connectivity index (χ0n) is 14.3. The fourth-order valence-electron chi connectivity index (χ4n) is 3.69. The van der Waals surface area contributed by atoms with Gasteiger partial charge in [0, 0.05) is 38.8 Å². The molecule has 0 aliphatic carbocycles. The summed E-state index contributed by atoms with van der Waals surface area (Å²) in [5.74, 6) is 2.45.